The van der Waals surface area contributed by atoms with E-state index in [-0.39, 0.29) is 55.6 Å². The van der Waals surface area contributed by atoms with Gasteiger partial charge in [0.15, 0.2) is 5.82 Å². The molecule has 15 nitrogen and oxygen atoms in total. The van der Waals surface area contributed by atoms with Crippen LogP contribution in [0, 0.1) is 11.3 Å². The fraction of sp³-hybridized carbons (Fsp3) is 0.556. The Labute approximate surface area is 310 Å². The van der Waals surface area contributed by atoms with Crippen LogP contribution in [0.15, 0.2) is 42.9 Å². The molecule has 6 N–H and O–H groups in total. The molecule has 1 saturated heterocycles. The molecular formula is C36H52ClN9O6. The fourth-order valence-corrected chi connectivity index (χ4v) is 5.45. The Morgan fingerprint density at radius 2 is 1.58 bits per heavy atom. The fourth-order valence-electron chi connectivity index (χ4n) is 5.25. The summed E-state index contributed by atoms with van der Waals surface area (Å²) in [6, 6.07) is 3.85. The first-order chi connectivity index (χ1) is 24.4. The highest BCUT2D eigenvalue weighted by Crippen LogP contribution is 2.20. The van der Waals surface area contributed by atoms with Crippen LogP contribution >= 0.6 is 11.6 Å². The number of likely N-dealkylation sites (tertiary alicyclic amines) is 1. The second kappa shape index (κ2) is 19.2. The monoisotopic (exact) mass is 741 g/mol. The zero-order valence-corrected chi connectivity index (χ0v) is 31.6. The molecule has 3 rings (SSSR count). The van der Waals surface area contributed by atoms with Crippen LogP contribution in [-0.2, 0) is 30.5 Å². The summed E-state index contributed by atoms with van der Waals surface area (Å²) in [5.74, 6) is -2.40. The molecule has 1 aromatic carbocycles. The number of piperidine rings is 1. The first-order valence-electron chi connectivity index (χ1n) is 17.4. The number of carbonyl (C=O) groups is 6. The van der Waals surface area contributed by atoms with E-state index in [9.17, 15) is 28.8 Å². The van der Waals surface area contributed by atoms with E-state index in [2.05, 4.69) is 41.9 Å². The summed E-state index contributed by atoms with van der Waals surface area (Å²) in [4.78, 5) is 88.8. The average Bonchev–Trinajstić information content (AvgIpc) is 3.07. The third kappa shape index (κ3) is 14.8. The predicted octanol–water partition coefficient (Wildman–Crippen LogP) is 2.91. The summed E-state index contributed by atoms with van der Waals surface area (Å²) in [5, 5.41) is 16.9. The summed E-state index contributed by atoms with van der Waals surface area (Å²) >= 11 is 6.27. The van der Waals surface area contributed by atoms with Gasteiger partial charge in [0.2, 0.25) is 29.5 Å². The zero-order valence-electron chi connectivity index (χ0n) is 30.8. The third-order valence-electron chi connectivity index (χ3n) is 8.01. The average molecular weight is 742 g/mol. The molecule has 1 aromatic heterocycles. The number of nitrogens with one attached hydrogen (secondary N) is 6. The van der Waals surface area contributed by atoms with Gasteiger partial charge < -0.3 is 36.8 Å². The molecule has 0 spiro atoms. The van der Waals surface area contributed by atoms with Gasteiger partial charge in [0, 0.05) is 61.5 Å². The third-order valence-corrected chi connectivity index (χ3v) is 8.37. The number of hydrogen-bond acceptors (Lipinski definition) is 8. The number of amides is 7. The van der Waals surface area contributed by atoms with Crippen LogP contribution in [0.2, 0.25) is 5.02 Å². The molecule has 1 aliphatic heterocycles. The normalized spacial score (nSPS) is 14.7. The highest BCUT2D eigenvalue weighted by molar-refractivity contribution is 6.31. The Morgan fingerprint density at radius 3 is 2.19 bits per heavy atom. The second-order valence-corrected chi connectivity index (χ2v) is 15.5. The van der Waals surface area contributed by atoms with Gasteiger partial charge in [-0.2, -0.15) is 0 Å². The van der Waals surface area contributed by atoms with Crippen LogP contribution in [0.1, 0.15) is 79.2 Å². The number of halogens is 1. The van der Waals surface area contributed by atoms with Gasteiger partial charge in [-0.25, -0.2) is 9.78 Å². The van der Waals surface area contributed by atoms with Crippen molar-refractivity contribution in [3.05, 3.63) is 53.4 Å². The molecule has 1 fully saturated rings. The van der Waals surface area contributed by atoms with Crippen LogP contribution in [0.25, 0.3) is 0 Å². The number of benzene rings is 1. The minimum absolute atomic E-state index is 0.0525. The molecule has 2 heterocycles. The van der Waals surface area contributed by atoms with Crippen molar-refractivity contribution in [3.63, 3.8) is 0 Å². The highest BCUT2D eigenvalue weighted by atomic mass is 35.5. The molecule has 16 heteroatoms. The Balaban J connectivity index is 1.72. The Kier molecular flexibility index (Phi) is 15.3. The molecule has 284 valence electrons. The lowest BCUT2D eigenvalue weighted by Gasteiger charge is -2.32. The first kappa shape index (κ1) is 41.6. The topological polar surface area (TPSA) is 204 Å². The zero-order chi connectivity index (χ0) is 38.5. The minimum atomic E-state index is -1.35. The molecule has 2 aromatic rings. The molecule has 0 radical (unpaired) electrons. The van der Waals surface area contributed by atoms with E-state index in [4.69, 9.17) is 11.6 Å². The number of anilines is 1. The van der Waals surface area contributed by atoms with E-state index < -0.39 is 47.8 Å². The molecule has 0 bridgehead atoms. The maximum atomic E-state index is 13.8. The standard InChI is InChI=1S/C36H52ClN9O6/c1-35(2,3)22-41-30(48)19-27(43-34(52)46-17-13-23(14-18-46)31(49)44-28-21-38-15-16-39-28)33(51)42-26(11-12-29(47)45-36(4,5)6)32(50)40-20-24-9-7-8-10-25(24)37/h7-10,15-16,21,23,26-27H,11-14,17-20,22H2,1-6H3,(H,40,50)(H,41,48)(H,42,51)(H,43,52)(H,45,47)(H,39,44,49)/t26-,27-/m0/s1. The van der Waals surface area contributed by atoms with E-state index in [1.807, 2.05) is 41.5 Å². The molecule has 7 amide bonds. The lowest BCUT2D eigenvalue weighted by atomic mass is 9.96. The van der Waals surface area contributed by atoms with Crippen LogP contribution in [0.5, 0.6) is 0 Å². The molecule has 52 heavy (non-hydrogen) atoms. The molecule has 0 unspecified atom stereocenters. The first-order valence-corrected chi connectivity index (χ1v) is 17.8. The van der Waals surface area contributed by atoms with Gasteiger partial charge in [-0.1, -0.05) is 50.6 Å². The van der Waals surface area contributed by atoms with E-state index in [1.165, 1.54) is 23.5 Å². The van der Waals surface area contributed by atoms with Crippen molar-refractivity contribution in [2.24, 2.45) is 11.3 Å². The number of nitrogens with zero attached hydrogens (tertiary/aromatic N) is 3. The Hall–Kier alpha value is -4.79. The Morgan fingerprint density at radius 1 is 0.885 bits per heavy atom. The van der Waals surface area contributed by atoms with E-state index in [1.54, 1.807) is 24.3 Å². The van der Waals surface area contributed by atoms with Crippen molar-refractivity contribution in [2.75, 3.05) is 25.0 Å². The smallest absolute Gasteiger partial charge is 0.318 e. The molecule has 0 aliphatic carbocycles. The van der Waals surface area contributed by atoms with E-state index in [0.717, 1.165) is 0 Å². The summed E-state index contributed by atoms with van der Waals surface area (Å²) in [6.07, 6.45) is 4.61. The molecule has 2 atom stereocenters. The summed E-state index contributed by atoms with van der Waals surface area (Å²) in [6.45, 7) is 12.2. The number of carbonyl (C=O) groups excluding carboxylic acids is 6. The molecule has 1 aliphatic rings. The maximum Gasteiger partial charge on any atom is 0.318 e. The Bertz CT molecular complexity index is 1550. The minimum Gasteiger partial charge on any atom is -0.355 e. The van der Waals surface area contributed by atoms with Crippen molar-refractivity contribution in [1.29, 1.82) is 0 Å². The summed E-state index contributed by atoms with van der Waals surface area (Å²) in [5.41, 5.74) is -0.0882. The van der Waals surface area contributed by atoms with Crippen molar-refractivity contribution in [2.45, 2.75) is 97.8 Å². The van der Waals surface area contributed by atoms with Crippen LogP contribution < -0.4 is 31.9 Å². The second-order valence-electron chi connectivity index (χ2n) is 15.1. The van der Waals surface area contributed by atoms with Gasteiger partial charge in [0.1, 0.15) is 12.1 Å². The van der Waals surface area contributed by atoms with Gasteiger partial charge in [0.25, 0.3) is 0 Å². The van der Waals surface area contributed by atoms with Gasteiger partial charge in [0.05, 0.1) is 12.6 Å². The number of aromatic nitrogens is 2. The SMILES string of the molecule is CC(C)(C)CNC(=O)C[C@H](NC(=O)N1CCC(C(=O)Nc2cnccn2)CC1)C(=O)N[C@@H](CCC(=O)NC(C)(C)C)C(=O)NCc1ccccc1Cl. The van der Waals surface area contributed by atoms with E-state index in [0.29, 0.717) is 35.8 Å². The lowest BCUT2D eigenvalue weighted by molar-refractivity contribution is -0.132. The van der Waals surface area contributed by atoms with Crippen molar-refractivity contribution in [1.82, 2.24) is 41.5 Å². The largest absolute Gasteiger partial charge is 0.355 e. The van der Waals surface area contributed by atoms with Crippen molar-refractivity contribution in [3.8, 4) is 0 Å². The predicted molar refractivity (Wildman–Crippen MR) is 197 cm³/mol. The summed E-state index contributed by atoms with van der Waals surface area (Å²) < 4.78 is 0. The van der Waals surface area contributed by atoms with Gasteiger partial charge >= 0.3 is 6.03 Å². The molecular weight excluding hydrogens is 690 g/mol. The van der Waals surface area contributed by atoms with Crippen LogP contribution in [0.4, 0.5) is 10.6 Å². The van der Waals surface area contributed by atoms with Crippen LogP contribution in [0.3, 0.4) is 0 Å². The maximum absolute atomic E-state index is 13.8. The van der Waals surface area contributed by atoms with Gasteiger partial charge in [-0.15, -0.1) is 0 Å². The van der Waals surface area contributed by atoms with Gasteiger partial charge in [-0.05, 0) is 57.1 Å². The summed E-state index contributed by atoms with van der Waals surface area (Å²) in [7, 11) is 0. The van der Waals surface area contributed by atoms with Crippen molar-refractivity contribution >= 4 is 53.0 Å². The molecule has 0 saturated carbocycles. The van der Waals surface area contributed by atoms with Crippen molar-refractivity contribution < 1.29 is 28.8 Å². The highest BCUT2D eigenvalue weighted by Gasteiger charge is 2.33. The van der Waals surface area contributed by atoms with Gasteiger partial charge in [-0.3, -0.25) is 29.0 Å². The quantitative estimate of drug-likeness (QED) is 0.170. The lowest BCUT2D eigenvalue weighted by Crippen LogP contribution is -2.57. The number of urea groups is 1. The van der Waals surface area contributed by atoms with E-state index >= 15 is 0 Å². The number of hydrogen-bond donors (Lipinski definition) is 6. The number of rotatable bonds is 14. The van der Waals surface area contributed by atoms with Crippen LogP contribution in [-0.4, -0.2) is 87.7 Å².